The Bertz CT molecular complexity index is 465. The first-order chi connectivity index (χ1) is 9.17. The Hall–Kier alpha value is -1.75. The van der Waals surface area contributed by atoms with Gasteiger partial charge in [-0.15, -0.1) is 0 Å². The van der Waals surface area contributed by atoms with E-state index in [9.17, 15) is 9.90 Å². The van der Waals surface area contributed by atoms with Gasteiger partial charge in [0.05, 0.1) is 5.69 Å². The second-order valence-corrected chi connectivity index (χ2v) is 5.99. The fourth-order valence-electron chi connectivity index (χ4n) is 1.65. The molecule has 0 saturated heterocycles. The SMILES string of the molecule is C[C@@H](N)CCc1ccc(NC(=O)OC(C)(C)C)c(O)c1. The molecule has 5 nitrogen and oxygen atoms in total. The summed E-state index contributed by atoms with van der Waals surface area (Å²) in [6, 6.07) is 5.27. The number of hydrogen-bond acceptors (Lipinski definition) is 4. The van der Waals surface area contributed by atoms with Crippen LogP contribution in [0.25, 0.3) is 0 Å². The van der Waals surface area contributed by atoms with Crippen molar-refractivity contribution in [1.29, 1.82) is 0 Å². The monoisotopic (exact) mass is 280 g/mol. The Morgan fingerprint density at radius 3 is 2.60 bits per heavy atom. The number of ether oxygens (including phenoxy) is 1. The Kier molecular flexibility index (Phi) is 5.39. The molecule has 0 unspecified atom stereocenters. The standard InChI is InChI=1S/C15H24N2O3/c1-10(16)5-6-11-7-8-12(13(18)9-11)17-14(19)20-15(2,3)4/h7-10,18H,5-6,16H2,1-4H3,(H,17,19)/t10-/m1/s1. The first-order valence-electron chi connectivity index (χ1n) is 6.75. The normalized spacial score (nSPS) is 12.8. The zero-order valence-electron chi connectivity index (χ0n) is 12.6. The highest BCUT2D eigenvalue weighted by molar-refractivity contribution is 5.86. The molecule has 1 rings (SSSR count). The lowest BCUT2D eigenvalue weighted by Crippen LogP contribution is -2.27. The van der Waals surface area contributed by atoms with E-state index in [1.54, 1.807) is 32.9 Å². The van der Waals surface area contributed by atoms with Crippen molar-refractivity contribution >= 4 is 11.8 Å². The maximum atomic E-state index is 11.6. The topological polar surface area (TPSA) is 84.6 Å². The molecule has 0 radical (unpaired) electrons. The first kappa shape index (κ1) is 16.3. The smallest absolute Gasteiger partial charge is 0.412 e. The highest BCUT2D eigenvalue weighted by Crippen LogP contribution is 2.25. The van der Waals surface area contributed by atoms with Crippen molar-refractivity contribution in [3.63, 3.8) is 0 Å². The lowest BCUT2D eigenvalue weighted by molar-refractivity contribution is 0.0635. The van der Waals surface area contributed by atoms with Crippen LogP contribution in [0.2, 0.25) is 0 Å². The highest BCUT2D eigenvalue weighted by atomic mass is 16.6. The number of phenols is 1. The third-order valence-corrected chi connectivity index (χ3v) is 2.59. The summed E-state index contributed by atoms with van der Waals surface area (Å²) in [5.74, 6) is 0.0260. The second-order valence-electron chi connectivity index (χ2n) is 5.99. The van der Waals surface area contributed by atoms with Gasteiger partial charge in [-0.25, -0.2) is 4.79 Å². The van der Waals surface area contributed by atoms with Crippen LogP contribution in [-0.2, 0) is 11.2 Å². The van der Waals surface area contributed by atoms with E-state index in [1.807, 2.05) is 13.0 Å². The van der Waals surface area contributed by atoms with Crippen LogP contribution in [0.3, 0.4) is 0 Å². The van der Waals surface area contributed by atoms with E-state index < -0.39 is 11.7 Å². The van der Waals surface area contributed by atoms with Crippen molar-refractivity contribution in [2.45, 2.75) is 52.2 Å². The Balaban J connectivity index is 2.66. The molecule has 0 bridgehead atoms. The molecule has 1 atom stereocenters. The highest BCUT2D eigenvalue weighted by Gasteiger charge is 2.17. The van der Waals surface area contributed by atoms with Crippen molar-refractivity contribution in [1.82, 2.24) is 0 Å². The third kappa shape index (κ3) is 5.93. The second kappa shape index (κ2) is 6.61. The average molecular weight is 280 g/mol. The van der Waals surface area contributed by atoms with Gasteiger partial charge in [0.1, 0.15) is 11.4 Å². The van der Waals surface area contributed by atoms with Gasteiger partial charge in [-0.1, -0.05) is 6.07 Å². The summed E-state index contributed by atoms with van der Waals surface area (Å²) in [5.41, 5.74) is 6.44. The molecular weight excluding hydrogens is 256 g/mol. The minimum atomic E-state index is -0.587. The largest absolute Gasteiger partial charge is 0.506 e. The molecule has 4 N–H and O–H groups in total. The van der Waals surface area contributed by atoms with Gasteiger partial charge in [0.25, 0.3) is 0 Å². The zero-order chi connectivity index (χ0) is 15.3. The lowest BCUT2D eigenvalue weighted by atomic mass is 10.1. The summed E-state index contributed by atoms with van der Waals surface area (Å²) in [6.45, 7) is 7.29. The number of aryl methyl sites for hydroxylation is 1. The van der Waals surface area contributed by atoms with Crippen molar-refractivity contribution in [2.24, 2.45) is 5.73 Å². The van der Waals surface area contributed by atoms with Crippen molar-refractivity contribution in [3.05, 3.63) is 23.8 Å². The summed E-state index contributed by atoms with van der Waals surface area (Å²) in [5, 5.41) is 12.4. The maximum absolute atomic E-state index is 11.6. The van der Waals surface area contributed by atoms with Gasteiger partial charge in [-0.3, -0.25) is 5.32 Å². The molecule has 1 amide bonds. The fraction of sp³-hybridized carbons (Fsp3) is 0.533. The summed E-state index contributed by atoms with van der Waals surface area (Å²) in [4.78, 5) is 11.6. The molecule has 0 aliphatic rings. The summed E-state index contributed by atoms with van der Waals surface area (Å²) in [7, 11) is 0. The number of carbonyl (C=O) groups is 1. The number of phenolic OH excluding ortho intramolecular Hbond substituents is 1. The number of nitrogens with one attached hydrogen (secondary N) is 1. The van der Waals surface area contributed by atoms with Crippen LogP contribution < -0.4 is 11.1 Å². The zero-order valence-corrected chi connectivity index (χ0v) is 12.6. The van der Waals surface area contributed by atoms with Gasteiger partial charge in [-0.2, -0.15) is 0 Å². The predicted molar refractivity (Wildman–Crippen MR) is 79.9 cm³/mol. The minimum absolute atomic E-state index is 0.0260. The molecule has 112 valence electrons. The molecule has 5 heteroatoms. The van der Waals surface area contributed by atoms with E-state index in [-0.39, 0.29) is 11.8 Å². The molecule has 0 saturated carbocycles. The molecular formula is C15H24N2O3. The van der Waals surface area contributed by atoms with E-state index in [0.29, 0.717) is 5.69 Å². The van der Waals surface area contributed by atoms with Gasteiger partial charge >= 0.3 is 6.09 Å². The number of anilines is 1. The van der Waals surface area contributed by atoms with Crippen LogP contribution in [-0.4, -0.2) is 22.8 Å². The van der Waals surface area contributed by atoms with Crippen LogP contribution in [0.5, 0.6) is 5.75 Å². The molecule has 0 spiro atoms. The van der Waals surface area contributed by atoms with Crippen LogP contribution in [0.4, 0.5) is 10.5 Å². The number of benzene rings is 1. The molecule has 0 aromatic heterocycles. The third-order valence-electron chi connectivity index (χ3n) is 2.59. The average Bonchev–Trinajstić information content (AvgIpc) is 2.27. The minimum Gasteiger partial charge on any atom is -0.506 e. The van der Waals surface area contributed by atoms with E-state index in [2.05, 4.69) is 5.32 Å². The predicted octanol–water partition coefficient (Wildman–Crippen LogP) is 3.02. The quantitative estimate of drug-likeness (QED) is 0.740. The number of hydrogen-bond donors (Lipinski definition) is 3. The molecule has 20 heavy (non-hydrogen) atoms. The van der Waals surface area contributed by atoms with Gasteiger partial charge in [0.2, 0.25) is 0 Å². The van der Waals surface area contributed by atoms with Gasteiger partial charge in [0, 0.05) is 6.04 Å². The Morgan fingerprint density at radius 1 is 1.45 bits per heavy atom. The maximum Gasteiger partial charge on any atom is 0.412 e. The van der Waals surface area contributed by atoms with Crippen LogP contribution >= 0.6 is 0 Å². The van der Waals surface area contributed by atoms with Crippen LogP contribution in [0.1, 0.15) is 39.7 Å². The molecule has 0 heterocycles. The van der Waals surface area contributed by atoms with Crippen LogP contribution in [0, 0.1) is 0 Å². The van der Waals surface area contributed by atoms with Gasteiger partial charge in [-0.05, 0) is 58.2 Å². The van der Waals surface area contributed by atoms with Gasteiger partial charge < -0.3 is 15.6 Å². The molecule has 0 aliphatic heterocycles. The molecule has 1 aromatic rings. The first-order valence-corrected chi connectivity index (χ1v) is 6.75. The van der Waals surface area contributed by atoms with E-state index in [4.69, 9.17) is 10.5 Å². The lowest BCUT2D eigenvalue weighted by Gasteiger charge is -2.20. The fourth-order valence-corrected chi connectivity index (χ4v) is 1.65. The number of nitrogens with two attached hydrogens (primary N) is 1. The number of amides is 1. The van der Waals surface area contributed by atoms with E-state index in [0.717, 1.165) is 18.4 Å². The summed E-state index contributed by atoms with van der Waals surface area (Å²) in [6.07, 6.45) is 1.05. The van der Waals surface area contributed by atoms with Crippen molar-refractivity contribution in [3.8, 4) is 5.75 Å². The number of rotatable bonds is 4. The van der Waals surface area contributed by atoms with Crippen molar-refractivity contribution in [2.75, 3.05) is 5.32 Å². The molecule has 1 aromatic carbocycles. The molecule has 0 aliphatic carbocycles. The Morgan fingerprint density at radius 2 is 2.10 bits per heavy atom. The Labute approximate surface area is 120 Å². The van der Waals surface area contributed by atoms with E-state index in [1.165, 1.54) is 0 Å². The van der Waals surface area contributed by atoms with E-state index >= 15 is 0 Å². The summed E-state index contributed by atoms with van der Waals surface area (Å²) < 4.78 is 5.13. The van der Waals surface area contributed by atoms with Crippen molar-refractivity contribution < 1.29 is 14.6 Å². The van der Waals surface area contributed by atoms with Gasteiger partial charge in [0.15, 0.2) is 0 Å². The number of carbonyl (C=O) groups excluding carboxylic acids is 1. The molecule has 0 fully saturated rings. The number of aromatic hydroxyl groups is 1. The van der Waals surface area contributed by atoms with Crippen LogP contribution in [0.15, 0.2) is 18.2 Å². The summed E-state index contributed by atoms with van der Waals surface area (Å²) >= 11 is 0.